The highest BCUT2D eigenvalue weighted by Crippen LogP contribution is 2.52. The zero-order chi connectivity index (χ0) is 27.8. The van der Waals surface area contributed by atoms with Crippen molar-refractivity contribution in [2.45, 2.75) is 52.9 Å². The second-order valence-electron chi connectivity index (χ2n) is 13.0. The lowest BCUT2D eigenvalue weighted by Gasteiger charge is -2.40. The van der Waals surface area contributed by atoms with E-state index in [0.717, 1.165) is 29.6 Å². The van der Waals surface area contributed by atoms with Crippen LogP contribution in [0.25, 0.3) is 49.4 Å². The van der Waals surface area contributed by atoms with Crippen LogP contribution >= 0.6 is 11.3 Å². The maximum atomic E-state index is 11.6. The zero-order valence-electron chi connectivity index (χ0n) is 23.9. The number of carbonyl (C=O) groups excluding carboxylic acids is 1. The third-order valence-electron chi connectivity index (χ3n) is 8.98. The molecule has 1 aromatic heterocycles. The smallest absolute Gasteiger partial charge is 0.160 e. The Hall–Kier alpha value is -3.75. The van der Waals surface area contributed by atoms with Crippen LogP contribution in [0, 0.1) is 12.3 Å². The number of aldehydes is 1. The van der Waals surface area contributed by atoms with Gasteiger partial charge in [-0.1, -0.05) is 100 Å². The Balaban J connectivity index is 1.46. The molecule has 2 aliphatic carbocycles. The lowest BCUT2D eigenvalue weighted by atomic mass is 9.64. The summed E-state index contributed by atoms with van der Waals surface area (Å²) in [5.74, 6) is 0. The monoisotopic (exact) mass is 538 g/mol. The van der Waals surface area contributed by atoms with Crippen LogP contribution in [0.15, 0.2) is 89.8 Å². The molecule has 0 atom stereocenters. The number of carbonyl (C=O) groups is 1. The van der Waals surface area contributed by atoms with E-state index in [4.69, 9.17) is 0 Å². The van der Waals surface area contributed by atoms with E-state index < -0.39 is 0 Å². The largest absolute Gasteiger partial charge is 0.297 e. The van der Waals surface area contributed by atoms with Gasteiger partial charge < -0.3 is 0 Å². The Bertz CT molecular complexity index is 1920. The van der Waals surface area contributed by atoms with E-state index in [0.29, 0.717) is 0 Å². The third kappa shape index (κ3) is 3.92. The maximum absolute atomic E-state index is 11.6. The molecule has 0 fully saturated rings. The second kappa shape index (κ2) is 8.88. The molecule has 0 aliphatic heterocycles. The van der Waals surface area contributed by atoms with Gasteiger partial charge in [0.05, 0.1) is 4.88 Å². The molecule has 2 heteroatoms. The van der Waals surface area contributed by atoms with Crippen LogP contribution in [-0.4, -0.2) is 6.29 Å². The van der Waals surface area contributed by atoms with Gasteiger partial charge in [0.2, 0.25) is 0 Å². The van der Waals surface area contributed by atoms with Crippen molar-refractivity contribution < 1.29 is 4.79 Å². The molecule has 0 saturated heterocycles. The van der Waals surface area contributed by atoms with E-state index in [1.807, 2.05) is 6.07 Å². The van der Waals surface area contributed by atoms with Crippen LogP contribution in [0.2, 0.25) is 0 Å². The molecule has 198 valence electrons. The van der Waals surface area contributed by atoms with E-state index in [9.17, 15) is 4.79 Å². The molecule has 0 spiro atoms. The van der Waals surface area contributed by atoms with Gasteiger partial charge in [-0.2, -0.15) is 0 Å². The van der Waals surface area contributed by atoms with E-state index >= 15 is 0 Å². The highest BCUT2D eigenvalue weighted by molar-refractivity contribution is 7.12. The summed E-state index contributed by atoms with van der Waals surface area (Å²) < 4.78 is 0. The van der Waals surface area contributed by atoms with Gasteiger partial charge in [0.1, 0.15) is 0 Å². The highest BCUT2D eigenvalue weighted by Gasteiger charge is 2.36. The topological polar surface area (TPSA) is 17.1 Å². The summed E-state index contributed by atoms with van der Waals surface area (Å²) in [6, 6.07) is 24.6. The lowest BCUT2D eigenvalue weighted by Crippen LogP contribution is -2.27. The van der Waals surface area contributed by atoms with Crippen LogP contribution in [0.3, 0.4) is 0 Å². The number of hydrogen-bond acceptors (Lipinski definition) is 2. The van der Waals surface area contributed by atoms with Crippen molar-refractivity contribution in [3.63, 3.8) is 0 Å². The molecule has 0 saturated carbocycles. The number of benzene rings is 4. The first-order chi connectivity index (χ1) is 19.1. The highest BCUT2D eigenvalue weighted by atomic mass is 32.1. The first-order valence-corrected chi connectivity index (χ1v) is 15.1. The van der Waals surface area contributed by atoms with Crippen molar-refractivity contribution in [2.24, 2.45) is 5.41 Å². The number of allylic oxidation sites excluding steroid dienone is 4. The van der Waals surface area contributed by atoms with Gasteiger partial charge in [-0.3, -0.25) is 4.79 Å². The van der Waals surface area contributed by atoms with Gasteiger partial charge in [0.25, 0.3) is 0 Å². The quantitative estimate of drug-likeness (QED) is 0.209. The zero-order valence-corrected chi connectivity index (χ0v) is 24.7. The van der Waals surface area contributed by atoms with Crippen molar-refractivity contribution in [3.8, 4) is 22.3 Å². The van der Waals surface area contributed by atoms with Crippen LogP contribution < -0.4 is 0 Å². The molecular formula is C38H34OS. The maximum Gasteiger partial charge on any atom is 0.160 e. The fourth-order valence-electron chi connectivity index (χ4n) is 7.27. The second-order valence-corrected chi connectivity index (χ2v) is 14.0. The van der Waals surface area contributed by atoms with Crippen LogP contribution in [-0.2, 0) is 5.41 Å². The van der Waals surface area contributed by atoms with Crippen molar-refractivity contribution in [1.29, 1.82) is 0 Å². The Labute approximate surface area is 240 Å². The van der Waals surface area contributed by atoms with Crippen molar-refractivity contribution >= 4 is 44.7 Å². The number of rotatable bonds is 3. The molecule has 0 N–H and O–H groups in total. The van der Waals surface area contributed by atoms with Gasteiger partial charge >= 0.3 is 0 Å². The molecule has 2 aliphatic rings. The molecule has 5 aromatic rings. The summed E-state index contributed by atoms with van der Waals surface area (Å²) in [6.07, 6.45) is 7.98. The van der Waals surface area contributed by atoms with E-state index in [1.54, 1.807) is 5.57 Å². The van der Waals surface area contributed by atoms with Crippen molar-refractivity contribution in [2.75, 3.05) is 0 Å². The van der Waals surface area contributed by atoms with E-state index in [-0.39, 0.29) is 10.8 Å². The molecule has 7 rings (SSSR count). The molecule has 0 radical (unpaired) electrons. The molecule has 0 amide bonds. The standard InChI is InChI=1S/C38H34OS/c1-23-16-34-25(11-13-32-29-14-15-37(2,3)19-27(29)20-38(4,5)36(32)34)18-33(23)31-12-10-24-8-6-7-9-30(24)35(31)26-17-28(21-39)40-22-26/h6-18,21-22H,19-20H2,1-5H3. The number of thiophene rings is 1. The minimum atomic E-state index is 0.0684. The third-order valence-corrected chi connectivity index (χ3v) is 9.84. The Morgan fingerprint density at radius 1 is 0.800 bits per heavy atom. The Morgan fingerprint density at radius 3 is 2.38 bits per heavy atom. The average molecular weight is 539 g/mol. The van der Waals surface area contributed by atoms with Gasteiger partial charge in [-0.25, -0.2) is 0 Å². The van der Waals surface area contributed by atoms with Crippen molar-refractivity contribution in [1.82, 2.24) is 0 Å². The molecule has 40 heavy (non-hydrogen) atoms. The Kier molecular flexibility index (Phi) is 5.60. The van der Waals surface area contributed by atoms with Crippen molar-refractivity contribution in [3.05, 3.63) is 111 Å². The predicted octanol–water partition coefficient (Wildman–Crippen LogP) is 10.9. The lowest BCUT2D eigenvalue weighted by molar-refractivity contribution is 0.112. The summed E-state index contributed by atoms with van der Waals surface area (Å²) in [7, 11) is 0. The van der Waals surface area contributed by atoms with E-state index in [2.05, 4.69) is 113 Å². The molecule has 0 bridgehead atoms. The fraction of sp³-hybridized carbons (Fsp3) is 0.237. The minimum Gasteiger partial charge on any atom is -0.297 e. The predicted molar refractivity (Wildman–Crippen MR) is 172 cm³/mol. The molecule has 1 heterocycles. The average Bonchev–Trinajstić information content (AvgIpc) is 3.39. The van der Waals surface area contributed by atoms with Gasteiger partial charge in [0.15, 0.2) is 6.29 Å². The Morgan fingerprint density at radius 2 is 1.57 bits per heavy atom. The van der Waals surface area contributed by atoms with Gasteiger partial charge in [-0.15, -0.1) is 11.3 Å². The number of aryl methyl sites for hydroxylation is 1. The molecule has 1 nitrogen and oxygen atoms in total. The molecule has 4 aromatic carbocycles. The minimum absolute atomic E-state index is 0.0684. The normalized spacial score (nSPS) is 17.2. The first-order valence-electron chi connectivity index (χ1n) is 14.2. The first kappa shape index (κ1) is 25.2. The summed E-state index contributed by atoms with van der Waals surface area (Å²) in [5.41, 5.74) is 12.3. The SMILES string of the molecule is Cc1cc2c3c(ccc2cc1-c1ccc2ccccc2c1-c1csc(C=O)c1)C1=C(CC(C)(C)C=C1)CC3(C)C. The molecular weight excluding hydrogens is 504 g/mol. The van der Waals surface area contributed by atoms with E-state index in [1.165, 1.54) is 71.8 Å². The summed E-state index contributed by atoms with van der Waals surface area (Å²) >= 11 is 1.51. The summed E-state index contributed by atoms with van der Waals surface area (Å²) in [5, 5.41) is 7.20. The van der Waals surface area contributed by atoms with Crippen LogP contribution in [0.1, 0.15) is 66.9 Å². The molecule has 0 unspecified atom stereocenters. The fourth-order valence-corrected chi connectivity index (χ4v) is 7.97. The number of hydrogen-bond donors (Lipinski definition) is 0. The van der Waals surface area contributed by atoms with Gasteiger partial charge in [-0.05, 0) is 114 Å². The summed E-state index contributed by atoms with van der Waals surface area (Å²) in [4.78, 5) is 12.3. The van der Waals surface area contributed by atoms with Crippen LogP contribution in [0.4, 0.5) is 0 Å². The number of fused-ring (bicyclic) bond motifs is 5. The van der Waals surface area contributed by atoms with Gasteiger partial charge in [0, 0.05) is 0 Å². The summed E-state index contributed by atoms with van der Waals surface area (Å²) in [6.45, 7) is 11.8. The van der Waals surface area contributed by atoms with Crippen LogP contribution in [0.5, 0.6) is 0 Å².